The van der Waals surface area contributed by atoms with Gasteiger partial charge in [-0.15, -0.1) is 0 Å². The molecule has 23 heavy (non-hydrogen) atoms. The van der Waals surface area contributed by atoms with E-state index in [4.69, 9.17) is 0 Å². The zero-order chi connectivity index (χ0) is 17.8. The Balaban J connectivity index is 3.31. The van der Waals surface area contributed by atoms with Crippen LogP contribution < -0.4 is 4.72 Å². The first-order valence-corrected chi connectivity index (χ1v) is 8.19. The molecule has 0 radical (unpaired) electrons. The Bertz CT molecular complexity index is 700. The number of nitro benzene ring substituents is 1. The Hall–Kier alpha value is -2.04. The van der Waals surface area contributed by atoms with Gasteiger partial charge in [0.25, 0.3) is 11.6 Å². The molecule has 0 atom stereocenters. The van der Waals surface area contributed by atoms with Crippen LogP contribution in [-0.2, 0) is 10.0 Å². The maximum atomic E-state index is 12.4. The molecule has 0 fully saturated rings. The number of likely N-dealkylation sites (N-methyl/N-ethyl adjacent to an activating group) is 1. The number of benzene rings is 1. The van der Waals surface area contributed by atoms with Gasteiger partial charge in [-0.3, -0.25) is 14.9 Å². The molecular weight excluding hydrogens is 324 g/mol. The van der Waals surface area contributed by atoms with Crippen molar-refractivity contribution >= 4 is 21.6 Å². The second-order valence-corrected chi connectivity index (χ2v) is 7.07. The van der Waals surface area contributed by atoms with E-state index in [1.807, 2.05) is 0 Å². The number of nitrogens with zero attached hydrogens (tertiary/aromatic N) is 3. The van der Waals surface area contributed by atoms with Gasteiger partial charge in [0.05, 0.1) is 10.5 Å². The van der Waals surface area contributed by atoms with E-state index in [2.05, 4.69) is 4.72 Å². The number of hydrogen-bond donors (Lipinski definition) is 1. The van der Waals surface area contributed by atoms with Crippen molar-refractivity contribution < 1.29 is 18.1 Å². The molecule has 9 nitrogen and oxygen atoms in total. The zero-order valence-corrected chi connectivity index (χ0v) is 14.3. The van der Waals surface area contributed by atoms with E-state index in [0.29, 0.717) is 6.54 Å². The first kappa shape index (κ1) is 19.0. The van der Waals surface area contributed by atoms with Gasteiger partial charge in [0.2, 0.25) is 10.0 Å². The molecule has 1 rings (SSSR count). The molecule has 0 aliphatic rings. The molecule has 0 aliphatic carbocycles. The molecule has 10 heteroatoms. The summed E-state index contributed by atoms with van der Waals surface area (Å²) in [6, 6.07) is 3.16. The van der Waals surface area contributed by atoms with Crippen molar-refractivity contribution in [3.8, 4) is 0 Å². The highest BCUT2D eigenvalue weighted by atomic mass is 32.2. The van der Waals surface area contributed by atoms with Crippen molar-refractivity contribution in [2.75, 3.05) is 41.3 Å². The van der Waals surface area contributed by atoms with Crippen molar-refractivity contribution in [1.82, 2.24) is 14.5 Å². The minimum absolute atomic E-state index is 0.113. The van der Waals surface area contributed by atoms with E-state index in [1.54, 1.807) is 19.0 Å². The van der Waals surface area contributed by atoms with Crippen LogP contribution in [0, 0.1) is 10.1 Å². The number of amides is 1. The number of carbonyl (C=O) groups excluding carboxylic acids is 1. The Morgan fingerprint density at radius 1 is 1.26 bits per heavy atom. The molecule has 0 saturated carbocycles. The van der Waals surface area contributed by atoms with E-state index in [9.17, 15) is 23.3 Å². The van der Waals surface area contributed by atoms with Crippen molar-refractivity contribution in [3.05, 3.63) is 33.9 Å². The van der Waals surface area contributed by atoms with Gasteiger partial charge >= 0.3 is 0 Å². The number of carbonyl (C=O) groups is 1. The zero-order valence-electron chi connectivity index (χ0n) is 13.4. The largest absolute Gasteiger partial charge is 0.345 e. The number of rotatable bonds is 7. The number of sulfonamides is 1. The van der Waals surface area contributed by atoms with E-state index in [0.717, 1.165) is 18.2 Å². The first-order chi connectivity index (χ1) is 10.6. The monoisotopic (exact) mass is 344 g/mol. The minimum Gasteiger partial charge on any atom is -0.345 e. The van der Waals surface area contributed by atoms with E-state index in [-0.39, 0.29) is 12.1 Å². The van der Waals surface area contributed by atoms with Gasteiger partial charge in [-0.25, -0.2) is 13.1 Å². The van der Waals surface area contributed by atoms with Crippen molar-refractivity contribution in [3.63, 3.8) is 0 Å². The SMILES string of the molecule is CN(C)CCNS(=O)(=O)c1cc([N+](=O)[O-])ccc1C(=O)N(C)C. The highest BCUT2D eigenvalue weighted by molar-refractivity contribution is 7.89. The third-order valence-corrected chi connectivity index (χ3v) is 4.45. The second-order valence-electron chi connectivity index (χ2n) is 5.34. The maximum absolute atomic E-state index is 12.4. The van der Waals surface area contributed by atoms with Crippen LogP contribution in [0.2, 0.25) is 0 Å². The summed E-state index contributed by atoms with van der Waals surface area (Å²) in [7, 11) is 2.45. The topological polar surface area (TPSA) is 113 Å². The van der Waals surface area contributed by atoms with Crippen LogP contribution >= 0.6 is 0 Å². The van der Waals surface area contributed by atoms with Crippen molar-refractivity contribution in [2.24, 2.45) is 0 Å². The summed E-state index contributed by atoms with van der Waals surface area (Å²) in [6.45, 7) is 0.568. The van der Waals surface area contributed by atoms with Crippen LogP contribution in [-0.4, -0.2) is 70.3 Å². The fourth-order valence-corrected chi connectivity index (χ4v) is 2.98. The summed E-state index contributed by atoms with van der Waals surface area (Å²) in [6.07, 6.45) is 0. The predicted octanol–water partition coefficient (Wildman–Crippen LogP) is 0.137. The smallest absolute Gasteiger partial charge is 0.270 e. The number of nitrogens with one attached hydrogen (secondary N) is 1. The predicted molar refractivity (Wildman–Crippen MR) is 84.9 cm³/mol. The summed E-state index contributed by atoms with van der Waals surface area (Å²) in [5.41, 5.74) is -0.508. The van der Waals surface area contributed by atoms with Crippen LogP contribution in [0.4, 0.5) is 5.69 Å². The average Bonchev–Trinajstić information content (AvgIpc) is 2.44. The standard InChI is InChI=1S/C13H20N4O5S/c1-15(2)8-7-14-23(21,22)12-9-10(17(19)20)5-6-11(12)13(18)16(3)4/h5-6,9,14H,7-8H2,1-4H3. The van der Waals surface area contributed by atoms with Gasteiger partial charge < -0.3 is 9.80 Å². The molecular formula is C13H20N4O5S. The maximum Gasteiger partial charge on any atom is 0.270 e. The molecule has 0 bridgehead atoms. The van der Waals surface area contributed by atoms with Gasteiger partial charge in [-0.05, 0) is 20.2 Å². The Kier molecular flexibility index (Phi) is 6.19. The molecule has 0 spiro atoms. The lowest BCUT2D eigenvalue weighted by Gasteiger charge is -2.15. The van der Waals surface area contributed by atoms with Crippen LogP contribution in [0.5, 0.6) is 0 Å². The summed E-state index contributed by atoms with van der Waals surface area (Å²) < 4.78 is 27.2. The third kappa shape index (κ3) is 4.98. The Labute approximate surface area is 135 Å². The van der Waals surface area contributed by atoms with E-state index < -0.39 is 31.4 Å². The van der Waals surface area contributed by atoms with Crippen molar-refractivity contribution in [2.45, 2.75) is 4.90 Å². The molecule has 0 heterocycles. The molecule has 0 aliphatic heterocycles. The lowest BCUT2D eigenvalue weighted by molar-refractivity contribution is -0.385. The van der Waals surface area contributed by atoms with E-state index >= 15 is 0 Å². The van der Waals surface area contributed by atoms with Crippen LogP contribution in [0.25, 0.3) is 0 Å². The van der Waals surface area contributed by atoms with Crippen molar-refractivity contribution in [1.29, 1.82) is 0 Å². The summed E-state index contributed by atoms with van der Waals surface area (Å²) >= 11 is 0. The van der Waals surface area contributed by atoms with Crippen LogP contribution in [0.1, 0.15) is 10.4 Å². The summed E-state index contributed by atoms with van der Waals surface area (Å²) in [5.74, 6) is -0.548. The minimum atomic E-state index is -4.05. The van der Waals surface area contributed by atoms with Gasteiger partial charge in [-0.1, -0.05) is 0 Å². The van der Waals surface area contributed by atoms with Gasteiger partial charge in [0, 0.05) is 39.3 Å². The number of hydrogen-bond acceptors (Lipinski definition) is 6. The lowest BCUT2D eigenvalue weighted by Crippen LogP contribution is -2.33. The fourth-order valence-electron chi connectivity index (χ4n) is 1.75. The van der Waals surface area contributed by atoms with Gasteiger partial charge in [0.1, 0.15) is 4.90 Å². The molecule has 128 valence electrons. The highest BCUT2D eigenvalue weighted by Crippen LogP contribution is 2.23. The molecule has 1 N–H and O–H groups in total. The molecule has 0 unspecified atom stereocenters. The third-order valence-electron chi connectivity index (χ3n) is 2.95. The van der Waals surface area contributed by atoms with E-state index in [1.165, 1.54) is 19.0 Å². The normalized spacial score (nSPS) is 11.5. The molecule has 1 amide bonds. The van der Waals surface area contributed by atoms with Gasteiger partial charge in [0.15, 0.2) is 0 Å². The highest BCUT2D eigenvalue weighted by Gasteiger charge is 2.26. The number of nitro groups is 1. The average molecular weight is 344 g/mol. The molecule has 0 saturated heterocycles. The first-order valence-electron chi connectivity index (χ1n) is 6.70. The number of non-ortho nitro benzene ring substituents is 1. The molecule has 1 aromatic rings. The summed E-state index contributed by atoms with van der Waals surface area (Å²) in [5, 5.41) is 10.9. The summed E-state index contributed by atoms with van der Waals surface area (Å²) in [4.78, 5) is 24.9. The second kappa shape index (κ2) is 7.49. The molecule has 0 aromatic heterocycles. The van der Waals surface area contributed by atoms with Crippen LogP contribution in [0.15, 0.2) is 23.1 Å². The Morgan fingerprint density at radius 3 is 2.35 bits per heavy atom. The lowest BCUT2D eigenvalue weighted by atomic mass is 10.2. The fraction of sp³-hybridized carbons (Fsp3) is 0.462. The van der Waals surface area contributed by atoms with Crippen LogP contribution in [0.3, 0.4) is 0 Å². The molecule has 1 aromatic carbocycles. The van der Waals surface area contributed by atoms with Gasteiger partial charge in [-0.2, -0.15) is 0 Å². The quantitative estimate of drug-likeness (QED) is 0.556. The Morgan fingerprint density at radius 2 is 1.87 bits per heavy atom.